The number of phenolic OH excluding ortho intramolecular Hbond substituents is 1. The van der Waals surface area contributed by atoms with Crippen LogP contribution in [0, 0.1) is 5.92 Å². The molecule has 0 spiro atoms. The summed E-state index contributed by atoms with van der Waals surface area (Å²) in [4.78, 5) is 2.46. The highest BCUT2D eigenvalue weighted by Gasteiger charge is 2.56. The molecule has 1 aliphatic heterocycles. The van der Waals surface area contributed by atoms with Crippen LogP contribution in [0.1, 0.15) is 24.0 Å². The van der Waals surface area contributed by atoms with Gasteiger partial charge < -0.3 is 24.8 Å². The molecule has 2 aromatic carbocycles. The van der Waals surface area contributed by atoms with Crippen LogP contribution in [0.2, 0.25) is 5.02 Å². The number of hydrogen-bond acceptors (Lipinski definition) is 5. The molecule has 0 radical (unpaired) electrons. The Morgan fingerprint density at radius 2 is 1.90 bits per heavy atom. The monoisotopic (exact) mass is 440 g/mol. The highest BCUT2D eigenvalue weighted by molar-refractivity contribution is 6.30. The maximum absolute atomic E-state index is 11.3. The van der Waals surface area contributed by atoms with Crippen molar-refractivity contribution < 1.29 is 14.6 Å². The Kier molecular flexibility index (Phi) is 5.06. The van der Waals surface area contributed by atoms with E-state index in [4.69, 9.17) is 21.1 Å². The molecule has 2 aromatic rings. The van der Waals surface area contributed by atoms with Gasteiger partial charge in [0.15, 0.2) is 11.5 Å². The van der Waals surface area contributed by atoms with Gasteiger partial charge in [0.05, 0.1) is 20.3 Å². The van der Waals surface area contributed by atoms with Crippen molar-refractivity contribution in [3.63, 3.8) is 0 Å². The molecule has 1 heterocycles. The van der Waals surface area contributed by atoms with Gasteiger partial charge in [-0.15, -0.1) is 0 Å². The molecule has 2 bridgehead atoms. The summed E-state index contributed by atoms with van der Waals surface area (Å²) in [6.07, 6.45) is 5.04. The van der Waals surface area contributed by atoms with Crippen molar-refractivity contribution in [2.24, 2.45) is 5.92 Å². The topological polar surface area (TPSA) is 54.0 Å². The van der Waals surface area contributed by atoms with E-state index in [-0.39, 0.29) is 17.4 Å². The van der Waals surface area contributed by atoms with Crippen molar-refractivity contribution in [2.75, 3.05) is 33.1 Å². The number of anilines is 1. The molecular weight excluding hydrogens is 412 g/mol. The number of rotatable bonds is 4. The predicted molar refractivity (Wildman–Crippen MR) is 123 cm³/mol. The number of nitrogens with one attached hydrogen (secondary N) is 1. The number of methoxy groups -OCH3 is 2. The summed E-state index contributed by atoms with van der Waals surface area (Å²) in [5.74, 6) is 2.08. The van der Waals surface area contributed by atoms with Gasteiger partial charge in [0, 0.05) is 33.6 Å². The van der Waals surface area contributed by atoms with E-state index < -0.39 is 0 Å². The summed E-state index contributed by atoms with van der Waals surface area (Å²) >= 11 is 6.08. The van der Waals surface area contributed by atoms with Gasteiger partial charge in [0.1, 0.15) is 5.76 Å². The Morgan fingerprint density at radius 3 is 2.61 bits per heavy atom. The van der Waals surface area contributed by atoms with Crippen LogP contribution in [0.15, 0.2) is 48.2 Å². The number of halogens is 1. The van der Waals surface area contributed by atoms with Crippen molar-refractivity contribution in [1.82, 2.24) is 4.90 Å². The maximum atomic E-state index is 11.3. The normalized spacial score (nSPS) is 29.4. The van der Waals surface area contributed by atoms with E-state index in [1.54, 1.807) is 14.2 Å². The minimum absolute atomic E-state index is 0.00281. The molecule has 6 heteroatoms. The average molecular weight is 441 g/mol. The number of hydrogen-bond donors (Lipinski definition) is 2. The molecule has 0 saturated carbocycles. The zero-order valence-electron chi connectivity index (χ0n) is 18.2. The van der Waals surface area contributed by atoms with Crippen LogP contribution in [-0.4, -0.2) is 49.9 Å². The Bertz CT molecular complexity index is 1020. The number of likely N-dealkylation sites (tertiary alicyclic amines) is 1. The largest absolute Gasteiger partial charge is 0.504 e. The van der Waals surface area contributed by atoms with Crippen LogP contribution in [0.4, 0.5) is 5.69 Å². The third-order valence-electron chi connectivity index (χ3n) is 7.58. The van der Waals surface area contributed by atoms with Crippen molar-refractivity contribution in [2.45, 2.75) is 36.8 Å². The van der Waals surface area contributed by atoms with Crippen molar-refractivity contribution in [1.29, 1.82) is 0 Å². The van der Waals surface area contributed by atoms with E-state index in [1.807, 2.05) is 30.3 Å². The molecular formula is C25H29ClN2O3. The quantitative estimate of drug-likeness (QED) is 0.728. The third kappa shape index (κ3) is 3.17. The lowest BCUT2D eigenvalue weighted by Gasteiger charge is -2.58. The van der Waals surface area contributed by atoms with Gasteiger partial charge in [-0.3, -0.25) is 0 Å². The lowest BCUT2D eigenvalue weighted by Crippen LogP contribution is -2.61. The molecule has 2 aliphatic carbocycles. The Hall–Kier alpha value is -2.37. The van der Waals surface area contributed by atoms with Gasteiger partial charge in [-0.2, -0.15) is 0 Å². The third-order valence-corrected chi connectivity index (χ3v) is 7.83. The molecule has 2 N–H and O–H groups in total. The Balaban J connectivity index is 1.63. The second-order valence-electron chi connectivity index (χ2n) is 9.02. The number of phenols is 1. The van der Waals surface area contributed by atoms with E-state index >= 15 is 0 Å². The first-order valence-corrected chi connectivity index (χ1v) is 11.2. The summed E-state index contributed by atoms with van der Waals surface area (Å²) in [5, 5.41) is 15.6. The maximum Gasteiger partial charge on any atom is 0.161 e. The number of piperidine rings is 1. The first-order chi connectivity index (χ1) is 15.0. The number of fused-ring (bicyclic) bond motifs is 1. The number of ether oxygens (including phenoxy) is 2. The van der Waals surface area contributed by atoms with Crippen molar-refractivity contribution in [3.8, 4) is 11.5 Å². The fourth-order valence-corrected chi connectivity index (χ4v) is 6.23. The molecule has 164 valence electrons. The van der Waals surface area contributed by atoms with Gasteiger partial charge in [-0.05, 0) is 74.8 Å². The smallest absolute Gasteiger partial charge is 0.161 e. The van der Waals surface area contributed by atoms with Gasteiger partial charge in [0.25, 0.3) is 0 Å². The van der Waals surface area contributed by atoms with E-state index in [2.05, 4.69) is 29.4 Å². The molecule has 5 rings (SSSR count). The summed E-state index contributed by atoms with van der Waals surface area (Å²) in [7, 11) is 5.57. The molecule has 1 unspecified atom stereocenters. The lowest BCUT2D eigenvalue weighted by molar-refractivity contribution is 0.0339. The van der Waals surface area contributed by atoms with Gasteiger partial charge in [-0.25, -0.2) is 0 Å². The highest BCUT2D eigenvalue weighted by atomic mass is 35.5. The van der Waals surface area contributed by atoms with Crippen LogP contribution < -0.4 is 10.1 Å². The zero-order valence-corrected chi connectivity index (χ0v) is 18.9. The van der Waals surface area contributed by atoms with Crippen LogP contribution >= 0.6 is 11.6 Å². The fourth-order valence-electron chi connectivity index (χ4n) is 6.10. The van der Waals surface area contributed by atoms with E-state index in [0.29, 0.717) is 22.6 Å². The van der Waals surface area contributed by atoms with Crippen molar-refractivity contribution in [3.05, 3.63) is 64.4 Å². The van der Waals surface area contributed by atoms with Gasteiger partial charge in [0.2, 0.25) is 0 Å². The summed E-state index contributed by atoms with van der Waals surface area (Å²) < 4.78 is 11.4. The zero-order chi connectivity index (χ0) is 21.8. The van der Waals surface area contributed by atoms with Crippen LogP contribution in [0.3, 0.4) is 0 Å². The molecule has 0 amide bonds. The molecule has 1 saturated heterocycles. The molecule has 0 aromatic heterocycles. The summed E-state index contributed by atoms with van der Waals surface area (Å²) in [6.45, 7) is 1.00. The first kappa shape index (κ1) is 20.5. The van der Waals surface area contributed by atoms with E-state index in [0.717, 1.165) is 42.8 Å². The molecule has 1 fully saturated rings. The van der Waals surface area contributed by atoms with Gasteiger partial charge in [-0.1, -0.05) is 17.7 Å². The average Bonchev–Trinajstić information content (AvgIpc) is 2.77. The first-order valence-electron chi connectivity index (χ1n) is 10.8. The van der Waals surface area contributed by atoms with Crippen LogP contribution in [0.25, 0.3) is 0 Å². The van der Waals surface area contributed by atoms with Gasteiger partial charge >= 0.3 is 0 Å². The minimum atomic E-state index is -0.171. The second kappa shape index (κ2) is 7.64. The standard InChI is InChI=1S/C25H29ClN2O3/c1-28-11-10-25-14-19(27-17-7-5-16(26)6-8-17)22(31-3)13-18(25)20(28)12-15-4-9-21(30-2)24(29)23(15)25/h4-9,13,18-20,27,29H,10-12,14H2,1-3H3/t18-,19?,20+,25-/m1/s1. The van der Waals surface area contributed by atoms with E-state index in [1.165, 1.54) is 5.56 Å². The Morgan fingerprint density at radius 1 is 1.13 bits per heavy atom. The summed E-state index contributed by atoms with van der Waals surface area (Å²) in [6, 6.07) is 12.2. The fraction of sp³-hybridized carbons (Fsp3) is 0.440. The SMILES string of the molecule is COC1=C[C@@H]2[C@@H]3Cc4ccc(OC)c(O)c4[C@]2(CCN3C)CC1Nc1ccc(Cl)cc1. The van der Waals surface area contributed by atoms with Crippen molar-refractivity contribution >= 4 is 17.3 Å². The molecule has 4 atom stereocenters. The van der Waals surface area contributed by atoms with E-state index in [9.17, 15) is 5.11 Å². The molecule has 31 heavy (non-hydrogen) atoms. The summed E-state index contributed by atoms with van der Waals surface area (Å²) in [5.41, 5.74) is 3.12. The second-order valence-corrected chi connectivity index (χ2v) is 9.45. The highest BCUT2D eigenvalue weighted by Crippen LogP contribution is 2.58. The van der Waals surface area contributed by atoms with Crippen LogP contribution in [-0.2, 0) is 16.6 Å². The molecule has 3 aliphatic rings. The minimum Gasteiger partial charge on any atom is -0.504 e. The number of likely N-dealkylation sites (N-methyl/N-ethyl adjacent to an activating group) is 1. The number of nitrogens with zero attached hydrogens (tertiary/aromatic N) is 1. The number of benzene rings is 2. The van der Waals surface area contributed by atoms with Crippen LogP contribution in [0.5, 0.6) is 11.5 Å². The molecule has 5 nitrogen and oxygen atoms in total. The number of aromatic hydroxyl groups is 1. The Labute approximate surface area is 188 Å². The lowest BCUT2D eigenvalue weighted by atomic mass is 9.53. The predicted octanol–water partition coefficient (Wildman–Crippen LogP) is 4.58.